The van der Waals surface area contributed by atoms with Crippen LogP contribution in [0.15, 0.2) is 28.9 Å². The van der Waals surface area contributed by atoms with E-state index in [2.05, 4.69) is 21.0 Å². The van der Waals surface area contributed by atoms with Crippen molar-refractivity contribution in [3.63, 3.8) is 0 Å². The third-order valence-corrected chi connectivity index (χ3v) is 3.25. The quantitative estimate of drug-likeness (QED) is 0.797. The second-order valence-electron chi connectivity index (χ2n) is 3.42. The molecule has 0 saturated heterocycles. The minimum absolute atomic E-state index is 0.218. The Hall–Kier alpha value is -1.20. The number of halogens is 3. The van der Waals surface area contributed by atoms with Gasteiger partial charge in [-0.25, -0.2) is 4.39 Å². The van der Waals surface area contributed by atoms with Crippen LogP contribution in [0.1, 0.15) is 16.1 Å². The molecule has 0 aliphatic rings. The van der Waals surface area contributed by atoms with Crippen molar-refractivity contribution < 1.29 is 9.18 Å². The first-order chi connectivity index (χ1) is 8.00. The van der Waals surface area contributed by atoms with Crippen molar-refractivity contribution >= 4 is 33.3 Å². The molecule has 0 radical (unpaired) electrons. The van der Waals surface area contributed by atoms with E-state index in [1.54, 1.807) is 7.05 Å². The molecule has 0 aliphatic heterocycles. The Morgan fingerprint density at radius 2 is 2.24 bits per heavy atom. The molecule has 0 N–H and O–H groups in total. The maximum absolute atomic E-state index is 13.1. The summed E-state index contributed by atoms with van der Waals surface area (Å²) in [5, 5.41) is 4.11. The van der Waals surface area contributed by atoms with Crippen molar-refractivity contribution in [1.82, 2.24) is 9.78 Å². The lowest BCUT2D eigenvalue weighted by Gasteiger charge is -2.05. The van der Waals surface area contributed by atoms with Crippen molar-refractivity contribution in [3.05, 3.63) is 51.0 Å². The van der Waals surface area contributed by atoms with Crippen LogP contribution in [0.2, 0.25) is 5.02 Å². The molecule has 1 aromatic heterocycles. The zero-order chi connectivity index (χ0) is 12.6. The van der Waals surface area contributed by atoms with Gasteiger partial charge in [-0.05, 0) is 18.2 Å². The Morgan fingerprint density at radius 1 is 1.53 bits per heavy atom. The predicted molar refractivity (Wildman–Crippen MR) is 65.8 cm³/mol. The molecule has 0 amide bonds. The van der Waals surface area contributed by atoms with Gasteiger partial charge in [0.25, 0.3) is 0 Å². The molecule has 17 heavy (non-hydrogen) atoms. The minimum Gasteiger partial charge on any atom is -0.287 e. The first kappa shape index (κ1) is 12.3. The molecule has 0 aliphatic carbocycles. The van der Waals surface area contributed by atoms with Gasteiger partial charge in [-0.3, -0.25) is 9.48 Å². The highest BCUT2D eigenvalue weighted by Gasteiger charge is 2.20. The normalized spacial score (nSPS) is 10.6. The number of carbonyl (C=O) groups excluding carboxylic acids is 1. The zero-order valence-electron chi connectivity index (χ0n) is 8.75. The maximum atomic E-state index is 13.1. The van der Waals surface area contributed by atoms with Crippen LogP contribution in [-0.4, -0.2) is 15.6 Å². The smallest absolute Gasteiger partial charge is 0.213 e. The summed E-state index contributed by atoms with van der Waals surface area (Å²) in [7, 11) is 1.60. The lowest BCUT2D eigenvalue weighted by Crippen LogP contribution is -2.09. The second-order valence-corrected chi connectivity index (χ2v) is 4.68. The summed E-state index contributed by atoms with van der Waals surface area (Å²) in [5.74, 6) is -0.851. The highest BCUT2D eigenvalue weighted by molar-refractivity contribution is 9.10. The van der Waals surface area contributed by atoms with Crippen LogP contribution in [-0.2, 0) is 7.05 Å². The van der Waals surface area contributed by atoms with E-state index in [0.717, 1.165) is 6.07 Å². The molecule has 0 bridgehead atoms. The van der Waals surface area contributed by atoms with Gasteiger partial charge in [0.2, 0.25) is 5.78 Å². The molecule has 1 aromatic carbocycles. The molecular formula is C11H7BrClFN2O. The van der Waals surface area contributed by atoms with Gasteiger partial charge in [-0.1, -0.05) is 27.5 Å². The number of rotatable bonds is 2. The predicted octanol–water partition coefficient (Wildman–Crippen LogP) is 3.21. The molecule has 0 spiro atoms. The first-order valence-corrected chi connectivity index (χ1v) is 5.85. The number of benzene rings is 1. The van der Waals surface area contributed by atoms with E-state index in [-0.39, 0.29) is 22.1 Å². The van der Waals surface area contributed by atoms with Crippen molar-refractivity contribution in [3.8, 4) is 0 Å². The van der Waals surface area contributed by atoms with Gasteiger partial charge in [0, 0.05) is 17.1 Å². The van der Waals surface area contributed by atoms with E-state index in [4.69, 9.17) is 11.6 Å². The van der Waals surface area contributed by atoms with Gasteiger partial charge in [-0.2, -0.15) is 5.10 Å². The average molecular weight is 318 g/mol. The van der Waals surface area contributed by atoms with Crippen molar-refractivity contribution in [2.24, 2.45) is 7.05 Å². The number of hydrogen-bond donors (Lipinski definition) is 0. The lowest BCUT2D eigenvalue weighted by molar-refractivity contribution is 0.102. The van der Waals surface area contributed by atoms with Crippen LogP contribution < -0.4 is 0 Å². The van der Waals surface area contributed by atoms with Crippen LogP contribution >= 0.6 is 27.5 Å². The van der Waals surface area contributed by atoms with Gasteiger partial charge in [0.05, 0.1) is 11.2 Å². The summed E-state index contributed by atoms with van der Waals surface area (Å²) in [6.45, 7) is 0. The molecule has 2 rings (SSSR count). The zero-order valence-corrected chi connectivity index (χ0v) is 11.1. The third-order valence-electron chi connectivity index (χ3n) is 2.28. The lowest BCUT2D eigenvalue weighted by atomic mass is 10.1. The molecule has 0 unspecified atom stereocenters. The van der Waals surface area contributed by atoms with E-state index in [1.165, 1.54) is 23.0 Å². The summed E-state index contributed by atoms with van der Waals surface area (Å²) < 4.78 is 15.0. The van der Waals surface area contributed by atoms with Crippen LogP contribution in [0.25, 0.3) is 0 Å². The van der Waals surface area contributed by atoms with Gasteiger partial charge in [0.15, 0.2) is 0 Å². The van der Waals surface area contributed by atoms with Gasteiger partial charge < -0.3 is 0 Å². The van der Waals surface area contributed by atoms with Gasteiger partial charge in [-0.15, -0.1) is 0 Å². The molecule has 0 atom stereocenters. The Labute approximate surface area is 110 Å². The fourth-order valence-electron chi connectivity index (χ4n) is 1.47. The standard InChI is InChI=1S/C11H7BrClFN2O/c1-16-10(9(13)5-15-16)11(17)7-4-6(14)2-3-8(7)12/h2-5H,1H3. The molecule has 6 heteroatoms. The fourth-order valence-corrected chi connectivity index (χ4v) is 2.14. The van der Waals surface area contributed by atoms with E-state index in [0.29, 0.717) is 4.47 Å². The molecule has 3 nitrogen and oxygen atoms in total. The Bertz CT molecular complexity index is 578. The fraction of sp³-hybridized carbons (Fsp3) is 0.0909. The maximum Gasteiger partial charge on any atom is 0.213 e. The largest absolute Gasteiger partial charge is 0.287 e. The highest BCUT2D eigenvalue weighted by atomic mass is 79.9. The molecule has 88 valence electrons. The summed E-state index contributed by atoms with van der Waals surface area (Å²) in [4.78, 5) is 12.2. The van der Waals surface area contributed by atoms with Crippen LogP contribution in [0.5, 0.6) is 0 Å². The number of hydrogen-bond acceptors (Lipinski definition) is 2. The Balaban J connectivity index is 2.55. The van der Waals surface area contributed by atoms with Gasteiger partial charge >= 0.3 is 0 Å². The van der Waals surface area contributed by atoms with Crippen molar-refractivity contribution in [2.45, 2.75) is 0 Å². The molecule has 0 saturated carbocycles. The van der Waals surface area contributed by atoms with E-state index in [1.807, 2.05) is 0 Å². The molecule has 2 aromatic rings. The Kier molecular flexibility index (Phi) is 3.31. The SMILES string of the molecule is Cn1ncc(Cl)c1C(=O)c1cc(F)ccc1Br. The monoisotopic (exact) mass is 316 g/mol. The Morgan fingerprint density at radius 3 is 2.82 bits per heavy atom. The van der Waals surface area contributed by atoms with Crippen LogP contribution in [0, 0.1) is 5.82 Å². The second kappa shape index (κ2) is 4.58. The van der Waals surface area contributed by atoms with Crippen LogP contribution in [0.4, 0.5) is 4.39 Å². The van der Waals surface area contributed by atoms with Crippen LogP contribution in [0.3, 0.4) is 0 Å². The molecule has 0 fully saturated rings. The summed E-state index contributed by atoms with van der Waals surface area (Å²) in [6.07, 6.45) is 1.38. The number of aryl methyl sites for hydroxylation is 1. The minimum atomic E-state index is -0.477. The molecular weight excluding hydrogens is 310 g/mol. The number of nitrogens with zero attached hydrogens (tertiary/aromatic N) is 2. The number of aromatic nitrogens is 2. The number of ketones is 1. The summed E-state index contributed by atoms with van der Waals surface area (Å²) >= 11 is 9.07. The van der Waals surface area contributed by atoms with E-state index in [9.17, 15) is 9.18 Å². The summed E-state index contributed by atoms with van der Waals surface area (Å²) in [6, 6.07) is 3.91. The number of carbonyl (C=O) groups is 1. The molecule has 1 heterocycles. The van der Waals surface area contributed by atoms with Crippen molar-refractivity contribution in [1.29, 1.82) is 0 Å². The summed E-state index contributed by atoms with van der Waals surface area (Å²) in [5.41, 5.74) is 0.452. The highest BCUT2D eigenvalue weighted by Crippen LogP contribution is 2.24. The van der Waals surface area contributed by atoms with Gasteiger partial charge in [0.1, 0.15) is 11.5 Å². The third kappa shape index (κ3) is 2.25. The van der Waals surface area contributed by atoms with Crippen molar-refractivity contribution in [2.75, 3.05) is 0 Å². The van der Waals surface area contributed by atoms with E-state index < -0.39 is 5.82 Å². The first-order valence-electron chi connectivity index (χ1n) is 4.68. The van der Waals surface area contributed by atoms with E-state index >= 15 is 0 Å². The topological polar surface area (TPSA) is 34.9 Å². The average Bonchev–Trinajstić information content (AvgIpc) is 2.61.